The molecule has 0 aromatic heterocycles. The van der Waals surface area contributed by atoms with Crippen LogP contribution in [0.2, 0.25) is 0 Å². The maximum Gasteiger partial charge on any atom is 0.295 e. The van der Waals surface area contributed by atoms with Gasteiger partial charge in [0.15, 0.2) is 0 Å². The highest BCUT2D eigenvalue weighted by Crippen LogP contribution is 2.42. The lowest BCUT2D eigenvalue weighted by Gasteiger charge is -2.31. The van der Waals surface area contributed by atoms with Crippen LogP contribution in [0.3, 0.4) is 0 Å². The SMILES string of the molecule is COc1ccccc1[C@H]1/C(=C(\O)c2ccc(OCC(C)C)cc2)C(=O)C(=O)N1CCN1CCOCC1. The number of rotatable bonds is 9. The van der Waals surface area contributed by atoms with E-state index in [1.807, 2.05) is 18.2 Å². The van der Waals surface area contributed by atoms with Gasteiger partial charge in [-0.3, -0.25) is 14.5 Å². The van der Waals surface area contributed by atoms with Crippen molar-refractivity contribution in [3.8, 4) is 11.5 Å². The molecule has 0 bridgehead atoms. The van der Waals surface area contributed by atoms with Crippen molar-refractivity contribution in [2.24, 2.45) is 5.92 Å². The van der Waals surface area contributed by atoms with Crippen LogP contribution in [0.5, 0.6) is 11.5 Å². The normalized spacial score (nSPS) is 20.2. The Hall–Kier alpha value is -3.36. The second-order valence-electron chi connectivity index (χ2n) is 9.42. The summed E-state index contributed by atoms with van der Waals surface area (Å²) in [5, 5.41) is 11.3. The number of carbonyl (C=O) groups excluding carboxylic acids is 2. The summed E-state index contributed by atoms with van der Waals surface area (Å²) in [7, 11) is 1.55. The number of amides is 1. The van der Waals surface area contributed by atoms with Crippen molar-refractivity contribution in [3.63, 3.8) is 0 Å². The summed E-state index contributed by atoms with van der Waals surface area (Å²) < 4.78 is 16.7. The second-order valence-corrected chi connectivity index (χ2v) is 9.42. The first-order chi connectivity index (χ1) is 17.4. The molecule has 0 spiro atoms. The summed E-state index contributed by atoms with van der Waals surface area (Å²) in [6.07, 6.45) is 0. The zero-order valence-electron chi connectivity index (χ0n) is 21.1. The minimum atomic E-state index is -0.765. The Morgan fingerprint density at radius 1 is 1.06 bits per heavy atom. The maximum atomic E-state index is 13.3. The predicted molar refractivity (Wildman–Crippen MR) is 136 cm³/mol. The van der Waals surface area contributed by atoms with Crippen LogP contribution in [0.15, 0.2) is 54.1 Å². The minimum Gasteiger partial charge on any atom is -0.507 e. The first-order valence-electron chi connectivity index (χ1n) is 12.4. The zero-order valence-corrected chi connectivity index (χ0v) is 21.1. The van der Waals surface area contributed by atoms with Gasteiger partial charge in [-0.05, 0) is 36.2 Å². The number of likely N-dealkylation sites (tertiary alicyclic amines) is 1. The fourth-order valence-electron chi connectivity index (χ4n) is 4.53. The first kappa shape index (κ1) is 25.7. The number of hydrogen-bond donors (Lipinski definition) is 1. The second kappa shape index (κ2) is 11.6. The van der Waals surface area contributed by atoms with E-state index >= 15 is 0 Å². The van der Waals surface area contributed by atoms with Crippen LogP contribution >= 0.6 is 0 Å². The molecule has 8 nitrogen and oxygen atoms in total. The number of carbonyl (C=O) groups is 2. The van der Waals surface area contributed by atoms with E-state index in [0.717, 1.165) is 13.1 Å². The van der Waals surface area contributed by atoms with Crippen LogP contribution in [0.1, 0.15) is 31.0 Å². The lowest BCUT2D eigenvalue weighted by atomic mass is 9.94. The van der Waals surface area contributed by atoms with E-state index < -0.39 is 17.7 Å². The summed E-state index contributed by atoms with van der Waals surface area (Å²) in [4.78, 5) is 30.3. The average Bonchev–Trinajstić information content (AvgIpc) is 3.16. The molecule has 2 aliphatic rings. The molecule has 0 saturated carbocycles. The third-order valence-corrected chi connectivity index (χ3v) is 6.45. The molecule has 8 heteroatoms. The van der Waals surface area contributed by atoms with Crippen LogP contribution in [0, 0.1) is 5.92 Å². The standard InChI is InChI=1S/C28H34N2O6/c1-19(2)18-36-21-10-8-20(9-11-21)26(31)24-25(22-6-4-5-7-23(22)34-3)30(28(33)27(24)32)13-12-29-14-16-35-17-15-29/h4-11,19,25,31H,12-18H2,1-3H3/b26-24+/t25-/m0/s1. The lowest BCUT2D eigenvalue weighted by Crippen LogP contribution is -2.42. The van der Waals surface area contributed by atoms with Crippen LogP contribution in [0.25, 0.3) is 5.76 Å². The Labute approximate surface area is 212 Å². The number of nitrogens with zero attached hydrogens (tertiary/aromatic N) is 2. The quantitative estimate of drug-likeness (QED) is 0.324. The lowest BCUT2D eigenvalue weighted by molar-refractivity contribution is -0.140. The Morgan fingerprint density at radius 3 is 2.42 bits per heavy atom. The number of hydrogen-bond acceptors (Lipinski definition) is 7. The highest BCUT2D eigenvalue weighted by Gasteiger charge is 2.47. The van der Waals surface area contributed by atoms with E-state index in [9.17, 15) is 14.7 Å². The smallest absolute Gasteiger partial charge is 0.295 e. The topological polar surface area (TPSA) is 88.5 Å². The first-order valence-corrected chi connectivity index (χ1v) is 12.4. The molecule has 2 fully saturated rings. The van der Waals surface area contributed by atoms with Gasteiger partial charge in [-0.1, -0.05) is 32.0 Å². The molecular weight excluding hydrogens is 460 g/mol. The number of ether oxygens (including phenoxy) is 3. The molecule has 0 radical (unpaired) electrons. The molecule has 2 aromatic rings. The highest BCUT2D eigenvalue weighted by molar-refractivity contribution is 6.46. The van der Waals surface area contributed by atoms with E-state index in [1.54, 1.807) is 42.3 Å². The molecule has 2 aromatic carbocycles. The van der Waals surface area contributed by atoms with Crippen molar-refractivity contribution in [2.75, 3.05) is 53.1 Å². The van der Waals surface area contributed by atoms with Gasteiger partial charge >= 0.3 is 0 Å². The van der Waals surface area contributed by atoms with Crippen LogP contribution < -0.4 is 9.47 Å². The van der Waals surface area contributed by atoms with Crippen LogP contribution in [0.4, 0.5) is 0 Å². The number of aliphatic hydroxyl groups excluding tert-OH is 1. The Morgan fingerprint density at radius 2 is 1.75 bits per heavy atom. The van der Waals surface area contributed by atoms with E-state index in [0.29, 0.717) is 61.5 Å². The maximum absolute atomic E-state index is 13.3. The van der Waals surface area contributed by atoms with Crippen molar-refractivity contribution in [2.45, 2.75) is 19.9 Å². The fourth-order valence-corrected chi connectivity index (χ4v) is 4.53. The van der Waals surface area contributed by atoms with Gasteiger partial charge in [-0.15, -0.1) is 0 Å². The molecule has 4 rings (SSSR count). The molecule has 2 saturated heterocycles. The Balaban J connectivity index is 1.70. The molecule has 1 N–H and O–H groups in total. The number of para-hydroxylation sites is 1. The monoisotopic (exact) mass is 494 g/mol. The molecule has 192 valence electrons. The molecule has 2 aliphatic heterocycles. The molecule has 0 unspecified atom stereocenters. The minimum absolute atomic E-state index is 0.0577. The molecule has 1 amide bonds. The Bertz CT molecular complexity index is 1110. The number of Topliss-reactive ketones (excluding diaryl/α,β-unsaturated/α-hetero) is 1. The van der Waals surface area contributed by atoms with Gasteiger partial charge in [0.1, 0.15) is 17.3 Å². The van der Waals surface area contributed by atoms with Crippen molar-refractivity contribution in [1.82, 2.24) is 9.80 Å². The van der Waals surface area contributed by atoms with E-state index in [-0.39, 0.29) is 11.3 Å². The van der Waals surface area contributed by atoms with Gasteiger partial charge in [0.05, 0.1) is 38.5 Å². The third kappa shape index (κ3) is 5.55. The van der Waals surface area contributed by atoms with Crippen LogP contribution in [-0.2, 0) is 14.3 Å². The van der Waals surface area contributed by atoms with Gasteiger partial charge in [-0.2, -0.15) is 0 Å². The van der Waals surface area contributed by atoms with Gasteiger partial charge < -0.3 is 24.2 Å². The highest BCUT2D eigenvalue weighted by atomic mass is 16.5. The average molecular weight is 495 g/mol. The number of ketones is 1. The summed E-state index contributed by atoms with van der Waals surface area (Å²) in [6.45, 7) is 8.48. The van der Waals surface area contributed by atoms with E-state index in [2.05, 4.69) is 18.7 Å². The van der Waals surface area contributed by atoms with Crippen LogP contribution in [-0.4, -0.2) is 79.7 Å². The summed E-state index contributed by atoms with van der Waals surface area (Å²) >= 11 is 0. The third-order valence-electron chi connectivity index (χ3n) is 6.45. The number of morpholine rings is 1. The van der Waals surface area contributed by atoms with Crippen molar-refractivity contribution >= 4 is 17.4 Å². The van der Waals surface area contributed by atoms with Gasteiger partial charge in [0, 0.05) is 37.3 Å². The van der Waals surface area contributed by atoms with Gasteiger partial charge in [0.25, 0.3) is 11.7 Å². The number of benzene rings is 2. The number of methoxy groups -OCH3 is 1. The predicted octanol–water partition coefficient (Wildman–Crippen LogP) is 3.48. The van der Waals surface area contributed by atoms with Gasteiger partial charge in [-0.25, -0.2) is 0 Å². The van der Waals surface area contributed by atoms with E-state index in [4.69, 9.17) is 14.2 Å². The Kier molecular flexibility index (Phi) is 8.28. The van der Waals surface area contributed by atoms with Gasteiger partial charge in [0.2, 0.25) is 0 Å². The van der Waals surface area contributed by atoms with Crippen molar-refractivity contribution in [3.05, 3.63) is 65.2 Å². The fraction of sp³-hybridized carbons (Fsp3) is 0.429. The van der Waals surface area contributed by atoms with Crippen molar-refractivity contribution < 1.29 is 28.9 Å². The molecule has 36 heavy (non-hydrogen) atoms. The van der Waals surface area contributed by atoms with Crippen molar-refractivity contribution in [1.29, 1.82) is 0 Å². The molecule has 2 heterocycles. The molecule has 1 atom stereocenters. The largest absolute Gasteiger partial charge is 0.507 e. The summed E-state index contributed by atoms with van der Waals surface area (Å²) in [5.41, 5.74) is 1.15. The van der Waals surface area contributed by atoms with E-state index in [1.165, 1.54) is 0 Å². The summed E-state index contributed by atoms with van der Waals surface area (Å²) in [5.74, 6) is 0.0561. The zero-order chi connectivity index (χ0) is 25.7. The number of aliphatic hydroxyl groups is 1. The molecule has 0 aliphatic carbocycles. The summed E-state index contributed by atoms with van der Waals surface area (Å²) in [6, 6.07) is 13.4. The molecular formula is C28H34N2O6.